The molecule has 5 nitrogen and oxygen atoms in total. The summed E-state index contributed by atoms with van der Waals surface area (Å²) in [5.74, 6) is 0.753. The first-order valence-corrected chi connectivity index (χ1v) is 7.94. The fraction of sp³-hybridized carbons (Fsp3) is 0.400. The van der Waals surface area contributed by atoms with E-state index >= 15 is 0 Å². The highest BCUT2D eigenvalue weighted by Crippen LogP contribution is 2.21. The zero-order valence-corrected chi connectivity index (χ0v) is 14.3. The third-order valence-corrected chi connectivity index (χ3v) is 4.01. The Hall–Kier alpha value is -1.66. The summed E-state index contributed by atoms with van der Waals surface area (Å²) in [6.07, 6.45) is 0. The molecule has 1 amide bonds. The quantitative estimate of drug-likeness (QED) is 0.816. The molecule has 0 fully saturated rings. The van der Waals surface area contributed by atoms with Crippen molar-refractivity contribution in [3.8, 4) is 0 Å². The minimum absolute atomic E-state index is 0.160. The Balaban J connectivity index is 2.27. The Kier molecular flexibility index (Phi) is 5.37. The first-order chi connectivity index (χ1) is 10.4. The SMILES string of the molecule is CCn1c(C(NC(=O)c2ccc(Cl)cc2)C(C)C)n[nH]c1=S. The molecule has 1 unspecified atom stereocenters. The Morgan fingerprint density at radius 2 is 2.05 bits per heavy atom. The van der Waals surface area contributed by atoms with Gasteiger partial charge in [-0.25, -0.2) is 0 Å². The van der Waals surface area contributed by atoms with Crippen molar-refractivity contribution in [3.05, 3.63) is 45.4 Å². The van der Waals surface area contributed by atoms with Crippen LogP contribution >= 0.6 is 23.8 Å². The molecule has 0 radical (unpaired) electrons. The Bertz CT molecular complexity index is 705. The normalized spacial score (nSPS) is 12.4. The van der Waals surface area contributed by atoms with Gasteiger partial charge in [-0.15, -0.1) is 0 Å². The van der Waals surface area contributed by atoms with Crippen molar-refractivity contribution in [3.63, 3.8) is 0 Å². The number of halogens is 1. The van der Waals surface area contributed by atoms with Crippen LogP contribution in [0.5, 0.6) is 0 Å². The monoisotopic (exact) mass is 338 g/mol. The maximum absolute atomic E-state index is 12.4. The molecule has 0 bridgehead atoms. The molecule has 0 aliphatic carbocycles. The maximum Gasteiger partial charge on any atom is 0.251 e. The Morgan fingerprint density at radius 3 is 2.59 bits per heavy atom. The van der Waals surface area contributed by atoms with Gasteiger partial charge in [0.25, 0.3) is 5.91 Å². The largest absolute Gasteiger partial charge is 0.342 e. The molecule has 1 heterocycles. The lowest BCUT2D eigenvalue weighted by Crippen LogP contribution is -2.33. The highest BCUT2D eigenvalue weighted by Gasteiger charge is 2.24. The van der Waals surface area contributed by atoms with Gasteiger partial charge in [-0.2, -0.15) is 5.10 Å². The second kappa shape index (κ2) is 7.07. The number of rotatable bonds is 5. The molecule has 2 N–H and O–H groups in total. The van der Waals surface area contributed by atoms with Gasteiger partial charge in [-0.05, 0) is 49.3 Å². The van der Waals surface area contributed by atoms with Crippen molar-refractivity contribution in [1.29, 1.82) is 0 Å². The molecule has 0 aliphatic rings. The van der Waals surface area contributed by atoms with Gasteiger partial charge in [0.05, 0.1) is 6.04 Å². The van der Waals surface area contributed by atoms with Gasteiger partial charge in [0.2, 0.25) is 0 Å². The van der Waals surface area contributed by atoms with Crippen LogP contribution in [-0.2, 0) is 6.54 Å². The zero-order valence-electron chi connectivity index (χ0n) is 12.8. The number of carbonyl (C=O) groups excluding carboxylic acids is 1. The molecule has 1 atom stereocenters. The van der Waals surface area contributed by atoms with Gasteiger partial charge < -0.3 is 9.88 Å². The van der Waals surface area contributed by atoms with Crippen LogP contribution < -0.4 is 5.32 Å². The molecular weight excluding hydrogens is 320 g/mol. The van der Waals surface area contributed by atoms with Crippen LogP contribution in [0.1, 0.15) is 43.0 Å². The topological polar surface area (TPSA) is 62.7 Å². The summed E-state index contributed by atoms with van der Waals surface area (Å²) in [4.78, 5) is 12.4. The summed E-state index contributed by atoms with van der Waals surface area (Å²) >= 11 is 11.1. The van der Waals surface area contributed by atoms with Gasteiger partial charge in [0, 0.05) is 17.1 Å². The Labute approximate surface area is 139 Å². The molecule has 118 valence electrons. The molecule has 1 aromatic heterocycles. The van der Waals surface area contributed by atoms with Crippen molar-refractivity contribution in [2.45, 2.75) is 33.4 Å². The number of carbonyl (C=O) groups is 1. The van der Waals surface area contributed by atoms with Crippen LogP contribution in [0.4, 0.5) is 0 Å². The van der Waals surface area contributed by atoms with E-state index in [4.69, 9.17) is 23.8 Å². The van der Waals surface area contributed by atoms with E-state index in [0.717, 1.165) is 5.82 Å². The van der Waals surface area contributed by atoms with Crippen molar-refractivity contribution < 1.29 is 4.79 Å². The minimum Gasteiger partial charge on any atom is -0.342 e. The number of hydrogen-bond donors (Lipinski definition) is 2. The first kappa shape index (κ1) is 16.7. The molecular formula is C15H19ClN4OS. The highest BCUT2D eigenvalue weighted by molar-refractivity contribution is 7.71. The number of nitrogens with one attached hydrogen (secondary N) is 2. The smallest absolute Gasteiger partial charge is 0.251 e. The third kappa shape index (κ3) is 3.56. The van der Waals surface area contributed by atoms with E-state index in [1.807, 2.05) is 25.3 Å². The molecule has 2 rings (SSSR count). The van der Waals surface area contributed by atoms with Crippen LogP contribution in [0.2, 0.25) is 5.02 Å². The lowest BCUT2D eigenvalue weighted by molar-refractivity contribution is 0.0922. The second-order valence-corrected chi connectivity index (χ2v) is 6.16. The number of benzene rings is 1. The maximum atomic E-state index is 12.4. The van der Waals surface area contributed by atoms with E-state index in [1.54, 1.807) is 24.3 Å². The molecule has 0 saturated heterocycles. The average Bonchev–Trinajstić information content (AvgIpc) is 2.85. The van der Waals surface area contributed by atoms with Crippen molar-refractivity contribution in [2.75, 3.05) is 0 Å². The van der Waals surface area contributed by atoms with Crippen molar-refractivity contribution in [1.82, 2.24) is 20.1 Å². The molecule has 7 heteroatoms. The number of nitrogens with zero attached hydrogens (tertiary/aromatic N) is 2. The summed E-state index contributed by atoms with van der Waals surface area (Å²) in [5.41, 5.74) is 0.562. The summed E-state index contributed by atoms with van der Waals surface area (Å²) in [5, 5.41) is 10.7. The van der Waals surface area contributed by atoms with Crippen molar-refractivity contribution >= 4 is 29.7 Å². The average molecular weight is 339 g/mol. The zero-order chi connectivity index (χ0) is 16.3. The predicted octanol–water partition coefficient (Wildman–Crippen LogP) is 3.74. The van der Waals surface area contributed by atoms with Crippen LogP contribution in [0.25, 0.3) is 0 Å². The summed E-state index contributed by atoms with van der Waals surface area (Å²) < 4.78 is 2.45. The molecule has 0 aliphatic heterocycles. The number of aromatic amines is 1. The third-order valence-electron chi connectivity index (χ3n) is 3.44. The fourth-order valence-electron chi connectivity index (χ4n) is 2.23. The van der Waals surface area contributed by atoms with Crippen molar-refractivity contribution in [2.24, 2.45) is 5.92 Å². The predicted molar refractivity (Wildman–Crippen MR) is 89.6 cm³/mol. The lowest BCUT2D eigenvalue weighted by Gasteiger charge is -2.22. The summed E-state index contributed by atoms with van der Waals surface area (Å²) in [6.45, 7) is 6.76. The van der Waals surface area contributed by atoms with E-state index in [9.17, 15) is 4.79 Å². The van der Waals surface area contributed by atoms with Gasteiger partial charge in [0.15, 0.2) is 10.6 Å². The van der Waals surface area contributed by atoms with Crippen LogP contribution in [-0.4, -0.2) is 20.7 Å². The molecule has 22 heavy (non-hydrogen) atoms. The van der Waals surface area contributed by atoms with Crippen LogP contribution in [0.15, 0.2) is 24.3 Å². The first-order valence-electron chi connectivity index (χ1n) is 7.15. The fourth-order valence-corrected chi connectivity index (χ4v) is 2.62. The minimum atomic E-state index is -0.226. The molecule has 0 spiro atoms. The Morgan fingerprint density at radius 1 is 1.41 bits per heavy atom. The number of H-pyrrole nitrogens is 1. The second-order valence-electron chi connectivity index (χ2n) is 5.33. The number of aromatic nitrogens is 3. The van der Waals surface area contributed by atoms with E-state index in [0.29, 0.717) is 21.9 Å². The molecule has 1 aromatic carbocycles. The van der Waals surface area contributed by atoms with E-state index < -0.39 is 0 Å². The highest BCUT2D eigenvalue weighted by atomic mass is 35.5. The van der Waals surface area contributed by atoms with E-state index in [1.165, 1.54) is 0 Å². The molecule has 0 saturated carbocycles. The summed E-state index contributed by atoms with van der Waals surface area (Å²) in [7, 11) is 0. The van der Waals surface area contributed by atoms with Gasteiger partial charge in [-0.1, -0.05) is 25.4 Å². The van der Waals surface area contributed by atoms with Gasteiger partial charge >= 0.3 is 0 Å². The molecule has 2 aromatic rings. The summed E-state index contributed by atoms with van der Waals surface area (Å²) in [6, 6.07) is 6.57. The number of amides is 1. The van der Waals surface area contributed by atoms with Gasteiger partial charge in [0.1, 0.15) is 0 Å². The van der Waals surface area contributed by atoms with Gasteiger partial charge in [-0.3, -0.25) is 9.89 Å². The van der Waals surface area contributed by atoms with Crippen LogP contribution in [0.3, 0.4) is 0 Å². The number of hydrogen-bond acceptors (Lipinski definition) is 3. The lowest BCUT2D eigenvalue weighted by atomic mass is 10.0. The van der Waals surface area contributed by atoms with E-state index in [2.05, 4.69) is 15.5 Å². The van der Waals surface area contributed by atoms with Crippen LogP contribution in [0, 0.1) is 10.7 Å². The van der Waals surface area contributed by atoms with E-state index in [-0.39, 0.29) is 17.9 Å². The standard InChI is InChI=1S/C15H19ClN4OS/c1-4-20-13(18-19-15(20)22)12(9(2)3)17-14(21)10-5-7-11(16)8-6-10/h5-9,12H,4H2,1-3H3,(H,17,21)(H,19,22).